The van der Waals surface area contributed by atoms with E-state index in [1.807, 2.05) is 12.2 Å². The van der Waals surface area contributed by atoms with Crippen molar-refractivity contribution < 1.29 is 33.2 Å². The Labute approximate surface area is 406 Å². The van der Waals surface area contributed by atoms with E-state index in [2.05, 4.69) is 39.8 Å². The molecule has 0 radical (unpaired) electrons. The highest BCUT2D eigenvalue weighted by atomic mass is 16.8. The van der Waals surface area contributed by atoms with Crippen LogP contribution in [0.2, 0.25) is 0 Å². The number of hydrogen-bond donors (Lipinski definition) is 0. The monoisotopic (exact) mass is 923 g/mol. The maximum absolute atomic E-state index is 6.20. The Morgan fingerprint density at radius 2 is 0.538 bits per heavy atom. The molecule has 0 aliphatic heterocycles. The number of methoxy groups -OCH3 is 2. The lowest BCUT2D eigenvalue weighted by molar-refractivity contribution is -0.188. The summed E-state index contributed by atoms with van der Waals surface area (Å²) in [5.41, 5.74) is 0. The Balaban J connectivity index is 4.05. The molecule has 0 aliphatic carbocycles. The highest BCUT2D eigenvalue weighted by Crippen LogP contribution is 2.18. The van der Waals surface area contributed by atoms with Crippen LogP contribution in [0.4, 0.5) is 0 Å². The topological polar surface area (TPSA) is 64.6 Å². The first-order valence-corrected chi connectivity index (χ1v) is 28.7. The zero-order valence-corrected chi connectivity index (χ0v) is 44.6. The van der Waals surface area contributed by atoms with E-state index in [1.54, 1.807) is 14.2 Å². The van der Waals surface area contributed by atoms with Crippen molar-refractivity contribution in [3.63, 3.8) is 0 Å². The van der Waals surface area contributed by atoms with Crippen LogP contribution in [0.1, 0.15) is 285 Å². The summed E-state index contributed by atoms with van der Waals surface area (Å²) in [5, 5.41) is 0. The summed E-state index contributed by atoms with van der Waals surface area (Å²) in [6.07, 6.45) is 57.9. The van der Waals surface area contributed by atoms with Gasteiger partial charge in [0.1, 0.15) is 0 Å². The number of allylic oxidation sites excluding steroid dienone is 2. The molecule has 0 spiro atoms. The second-order valence-electron chi connectivity index (χ2n) is 19.0. The van der Waals surface area contributed by atoms with Crippen molar-refractivity contribution >= 4 is 0 Å². The van der Waals surface area contributed by atoms with E-state index in [-0.39, 0.29) is 12.6 Å². The van der Waals surface area contributed by atoms with E-state index in [0.717, 1.165) is 77.8 Å². The number of ether oxygens (including phenoxy) is 7. The van der Waals surface area contributed by atoms with Crippen LogP contribution in [0.5, 0.6) is 0 Å². The van der Waals surface area contributed by atoms with Crippen molar-refractivity contribution in [2.45, 2.75) is 310 Å². The predicted molar refractivity (Wildman–Crippen MR) is 280 cm³/mol. The summed E-state index contributed by atoms with van der Waals surface area (Å²) in [5.74, 6) is 0. The summed E-state index contributed by atoms with van der Waals surface area (Å²) < 4.78 is 42.1. The summed E-state index contributed by atoms with van der Waals surface area (Å²) in [6.45, 7) is 12.5. The molecule has 0 fully saturated rings. The summed E-state index contributed by atoms with van der Waals surface area (Å²) in [6, 6.07) is 0. The van der Waals surface area contributed by atoms with Crippen LogP contribution in [0, 0.1) is 0 Å². The van der Waals surface area contributed by atoms with Crippen LogP contribution in [0.25, 0.3) is 0 Å². The second kappa shape index (κ2) is 55.8. The summed E-state index contributed by atoms with van der Waals surface area (Å²) in [4.78, 5) is 0. The van der Waals surface area contributed by atoms with Gasteiger partial charge in [0.25, 0.3) is 0 Å². The first-order chi connectivity index (χ1) is 32.1. The molecule has 2 atom stereocenters. The van der Waals surface area contributed by atoms with Crippen LogP contribution >= 0.6 is 0 Å². The maximum Gasteiger partial charge on any atom is 0.179 e. The van der Waals surface area contributed by atoms with Gasteiger partial charge in [0, 0.05) is 40.6 Å². The fourth-order valence-corrected chi connectivity index (χ4v) is 8.28. The molecule has 0 saturated carbocycles. The van der Waals surface area contributed by atoms with E-state index in [9.17, 15) is 0 Å². The maximum atomic E-state index is 6.20. The summed E-state index contributed by atoms with van der Waals surface area (Å²) >= 11 is 0. The highest BCUT2D eigenvalue weighted by Gasteiger charge is 2.12. The van der Waals surface area contributed by atoms with Gasteiger partial charge in [-0.2, -0.15) is 0 Å². The lowest BCUT2D eigenvalue weighted by Crippen LogP contribution is -2.22. The molecule has 0 aromatic carbocycles. The third kappa shape index (κ3) is 49.4. The van der Waals surface area contributed by atoms with E-state index in [1.165, 1.54) is 205 Å². The van der Waals surface area contributed by atoms with Gasteiger partial charge in [-0.05, 0) is 89.2 Å². The highest BCUT2D eigenvalue weighted by molar-refractivity contribution is 4.89. The van der Waals surface area contributed by atoms with Gasteiger partial charge in [0.2, 0.25) is 0 Å². The Morgan fingerprint density at radius 1 is 0.292 bits per heavy atom. The quantitative estimate of drug-likeness (QED) is 0.0342. The van der Waals surface area contributed by atoms with Crippen molar-refractivity contribution in [3.05, 3.63) is 24.3 Å². The van der Waals surface area contributed by atoms with Crippen LogP contribution < -0.4 is 0 Å². The molecule has 0 saturated heterocycles. The minimum atomic E-state index is -0.400. The summed E-state index contributed by atoms with van der Waals surface area (Å²) in [7, 11) is 3.40. The Hall–Kier alpha value is -0.800. The van der Waals surface area contributed by atoms with Crippen molar-refractivity contribution in [3.8, 4) is 0 Å². The van der Waals surface area contributed by atoms with Crippen molar-refractivity contribution in [1.29, 1.82) is 0 Å². The van der Waals surface area contributed by atoms with Gasteiger partial charge >= 0.3 is 0 Å². The van der Waals surface area contributed by atoms with Gasteiger partial charge in [-0.1, -0.05) is 220 Å². The molecule has 388 valence electrons. The van der Waals surface area contributed by atoms with Crippen LogP contribution in [-0.4, -0.2) is 65.8 Å². The molecule has 0 bridgehead atoms. The average Bonchev–Trinajstić information content (AvgIpc) is 3.32. The number of rotatable bonds is 56. The first-order valence-electron chi connectivity index (χ1n) is 28.7. The van der Waals surface area contributed by atoms with Crippen molar-refractivity contribution in [2.24, 2.45) is 0 Å². The average molecular weight is 924 g/mol. The predicted octanol–water partition coefficient (Wildman–Crippen LogP) is 18.5. The van der Waals surface area contributed by atoms with Crippen molar-refractivity contribution in [1.82, 2.24) is 0 Å². The smallest absolute Gasteiger partial charge is 0.179 e. The molecule has 0 heterocycles. The normalized spacial score (nSPS) is 13.2. The third-order valence-corrected chi connectivity index (χ3v) is 12.6. The molecule has 0 rings (SSSR count). The van der Waals surface area contributed by atoms with Gasteiger partial charge in [-0.3, -0.25) is 0 Å². The van der Waals surface area contributed by atoms with E-state index in [0.29, 0.717) is 0 Å². The van der Waals surface area contributed by atoms with Gasteiger partial charge in [0.15, 0.2) is 25.2 Å². The van der Waals surface area contributed by atoms with Gasteiger partial charge in [-0.15, -0.1) is 0 Å². The third-order valence-electron chi connectivity index (χ3n) is 12.6. The van der Waals surface area contributed by atoms with Gasteiger partial charge in [-0.25, -0.2) is 0 Å². The molecule has 7 nitrogen and oxygen atoms in total. The zero-order valence-electron chi connectivity index (χ0n) is 44.6. The standard InChI is InChI=1S/C58H114O7/c1-7-11-15-35-43-51-61-57(62-52-44-36-16-12-8-2)49-41-33-29-25-21-19-23-27-31-39-47-55(59-5)65-56(60-6)48-40-32-28-24-20-22-26-30-34-42-50-58(63-53-45-37-17-13-9-3)64-54-46-38-18-14-10-4/h39-40,47-48,55-58H,7-38,41-46,49-54H2,1-6H3. The molecule has 0 amide bonds. The van der Waals surface area contributed by atoms with Crippen molar-refractivity contribution in [2.75, 3.05) is 40.6 Å². The molecular weight excluding hydrogens is 809 g/mol. The molecule has 0 aromatic rings. The molecule has 0 N–H and O–H groups in total. The largest absolute Gasteiger partial charge is 0.353 e. The van der Waals surface area contributed by atoms with Crippen LogP contribution in [-0.2, 0) is 33.2 Å². The van der Waals surface area contributed by atoms with Gasteiger partial charge in [0.05, 0.1) is 0 Å². The molecule has 7 heteroatoms. The fraction of sp³-hybridized carbons (Fsp3) is 0.931. The van der Waals surface area contributed by atoms with Gasteiger partial charge < -0.3 is 33.2 Å². The SMILES string of the molecule is CCCCCCCOC(CCCCCCCCCCC=CC(OC)OC(C=CCCCCCCCCCCC(OCCCCCCC)OCCCCCCC)OC)OCCCCCCC. The molecule has 2 unspecified atom stereocenters. The Kier molecular flexibility index (Phi) is 55.1. The zero-order chi connectivity index (χ0) is 47.2. The number of unbranched alkanes of at least 4 members (excludes halogenated alkanes) is 32. The van der Waals surface area contributed by atoms with E-state index in [4.69, 9.17) is 33.2 Å². The Morgan fingerprint density at radius 3 is 0.815 bits per heavy atom. The Bertz CT molecular complexity index is 824. The van der Waals surface area contributed by atoms with Crippen LogP contribution in [0.15, 0.2) is 24.3 Å². The molecular formula is C58H114O7. The van der Waals surface area contributed by atoms with E-state index < -0.39 is 12.6 Å². The minimum Gasteiger partial charge on any atom is -0.353 e. The minimum absolute atomic E-state index is 0.00704. The number of hydrogen-bond acceptors (Lipinski definition) is 7. The molecule has 0 aromatic heterocycles. The lowest BCUT2D eigenvalue weighted by atomic mass is 10.1. The molecule has 0 aliphatic rings. The second-order valence-corrected chi connectivity index (χ2v) is 19.0. The lowest BCUT2D eigenvalue weighted by Gasteiger charge is -2.19. The fourth-order valence-electron chi connectivity index (χ4n) is 8.28. The van der Waals surface area contributed by atoms with E-state index >= 15 is 0 Å². The van der Waals surface area contributed by atoms with Crippen LogP contribution in [0.3, 0.4) is 0 Å². The molecule has 65 heavy (non-hydrogen) atoms. The first kappa shape index (κ1) is 64.2.